The van der Waals surface area contributed by atoms with Crippen molar-refractivity contribution in [2.45, 2.75) is 41.5 Å². The Morgan fingerprint density at radius 3 is 2.91 bits per heavy atom. The smallest absolute Gasteiger partial charge is 0.243 e. The second-order valence-corrected chi connectivity index (χ2v) is 8.97. The maximum atomic E-state index is 12.9. The monoisotopic (exact) mass is 355 g/mol. The molecule has 23 heavy (non-hydrogen) atoms. The Hall–Kier alpha value is -1.09. The van der Waals surface area contributed by atoms with Crippen LogP contribution in [0.5, 0.6) is 0 Å². The minimum atomic E-state index is -3.55. The van der Waals surface area contributed by atoms with E-state index in [1.165, 1.54) is 4.31 Å². The summed E-state index contributed by atoms with van der Waals surface area (Å²) < 4.78 is 27.2. The average Bonchev–Trinajstić information content (AvgIpc) is 2.83. The van der Waals surface area contributed by atoms with E-state index in [9.17, 15) is 13.2 Å². The SMILES string of the molecule is N[C@H]1CCCN(S(=O)(=O)c2ccc3c(c2)NC(=O)CCS3)CC1. The van der Waals surface area contributed by atoms with Crippen LogP contribution in [0.4, 0.5) is 5.69 Å². The number of nitrogens with two attached hydrogens (primary N) is 1. The topological polar surface area (TPSA) is 92.5 Å². The van der Waals surface area contributed by atoms with Gasteiger partial charge in [0.05, 0.1) is 10.6 Å². The summed E-state index contributed by atoms with van der Waals surface area (Å²) in [6, 6.07) is 5.05. The first-order chi connectivity index (χ1) is 11.0. The van der Waals surface area contributed by atoms with Crippen LogP contribution >= 0.6 is 11.8 Å². The molecular formula is C15H21N3O3S2. The van der Waals surface area contributed by atoms with E-state index in [1.807, 2.05) is 0 Å². The Bertz CT molecular complexity index is 706. The number of rotatable bonds is 2. The molecule has 2 aliphatic heterocycles. The molecule has 0 aromatic heterocycles. The molecule has 0 radical (unpaired) electrons. The third-order valence-corrected chi connectivity index (χ3v) is 7.15. The highest BCUT2D eigenvalue weighted by Gasteiger charge is 2.28. The standard InChI is InChI=1S/C15H21N3O3S2/c16-11-2-1-7-18(8-5-11)23(20,21)12-3-4-14-13(10-12)17-15(19)6-9-22-14/h3-4,10-11H,1-2,5-9,16H2,(H,17,19)/t11-/m0/s1. The fraction of sp³-hybridized carbons (Fsp3) is 0.533. The van der Waals surface area contributed by atoms with Gasteiger partial charge in [0.25, 0.3) is 0 Å². The second-order valence-electron chi connectivity index (χ2n) is 5.90. The maximum absolute atomic E-state index is 12.9. The van der Waals surface area contributed by atoms with Crippen LogP contribution in [0.25, 0.3) is 0 Å². The van der Waals surface area contributed by atoms with Crippen LogP contribution in [0.3, 0.4) is 0 Å². The molecule has 8 heteroatoms. The summed E-state index contributed by atoms with van der Waals surface area (Å²) in [4.78, 5) is 12.8. The highest BCUT2D eigenvalue weighted by molar-refractivity contribution is 7.99. The molecular weight excluding hydrogens is 334 g/mol. The number of hydrogen-bond acceptors (Lipinski definition) is 5. The Kier molecular flexibility index (Phi) is 4.96. The van der Waals surface area contributed by atoms with E-state index < -0.39 is 10.0 Å². The number of fused-ring (bicyclic) bond motifs is 1. The Labute approximate surface area is 140 Å². The number of carbonyl (C=O) groups is 1. The van der Waals surface area contributed by atoms with Gasteiger partial charge < -0.3 is 11.1 Å². The lowest BCUT2D eigenvalue weighted by molar-refractivity contribution is -0.115. The predicted octanol–water partition coefficient (Wildman–Crippen LogP) is 1.62. The number of hydrogen-bond donors (Lipinski definition) is 2. The molecule has 3 N–H and O–H groups in total. The first-order valence-electron chi connectivity index (χ1n) is 7.79. The van der Waals surface area contributed by atoms with E-state index in [2.05, 4.69) is 5.32 Å². The molecule has 0 saturated carbocycles. The zero-order valence-electron chi connectivity index (χ0n) is 12.8. The van der Waals surface area contributed by atoms with Gasteiger partial charge in [-0.2, -0.15) is 4.31 Å². The van der Waals surface area contributed by atoms with Crippen molar-refractivity contribution in [3.8, 4) is 0 Å². The fourth-order valence-corrected chi connectivity index (χ4v) is 5.30. The summed E-state index contributed by atoms with van der Waals surface area (Å²) in [7, 11) is -3.55. The number of carbonyl (C=O) groups excluding carboxylic acids is 1. The minimum Gasteiger partial charge on any atom is -0.328 e. The fourth-order valence-electron chi connectivity index (χ4n) is 2.84. The van der Waals surface area contributed by atoms with E-state index >= 15 is 0 Å². The molecule has 0 aliphatic carbocycles. The van der Waals surface area contributed by atoms with Crippen molar-refractivity contribution in [2.75, 3.05) is 24.2 Å². The van der Waals surface area contributed by atoms with Gasteiger partial charge in [0.1, 0.15) is 0 Å². The number of benzene rings is 1. The lowest BCUT2D eigenvalue weighted by atomic mass is 10.1. The number of nitrogens with one attached hydrogen (secondary N) is 1. The van der Waals surface area contributed by atoms with E-state index in [0.29, 0.717) is 37.4 Å². The summed E-state index contributed by atoms with van der Waals surface area (Å²) in [6.07, 6.45) is 2.74. The third kappa shape index (κ3) is 3.71. The minimum absolute atomic E-state index is 0.0675. The molecule has 1 saturated heterocycles. The van der Waals surface area contributed by atoms with Gasteiger partial charge in [-0.05, 0) is 37.5 Å². The van der Waals surface area contributed by atoms with Crippen molar-refractivity contribution in [1.29, 1.82) is 0 Å². The maximum Gasteiger partial charge on any atom is 0.243 e. The normalized spacial score (nSPS) is 23.5. The average molecular weight is 355 g/mol. The molecule has 0 bridgehead atoms. The number of thioether (sulfide) groups is 1. The highest BCUT2D eigenvalue weighted by atomic mass is 32.2. The second kappa shape index (κ2) is 6.80. The third-order valence-electron chi connectivity index (χ3n) is 4.18. The predicted molar refractivity (Wildman–Crippen MR) is 91.0 cm³/mol. The van der Waals surface area contributed by atoms with Gasteiger partial charge in [-0.3, -0.25) is 4.79 Å². The van der Waals surface area contributed by atoms with E-state index in [4.69, 9.17) is 5.73 Å². The number of anilines is 1. The zero-order chi connectivity index (χ0) is 16.4. The van der Waals surface area contributed by atoms with Crippen LogP contribution in [0.15, 0.2) is 28.0 Å². The van der Waals surface area contributed by atoms with Gasteiger partial charge in [-0.1, -0.05) is 0 Å². The first kappa shape index (κ1) is 16.8. The summed E-state index contributed by atoms with van der Waals surface area (Å²) >= 11 is 1.56. The molecule has 1 aromatic carbocycles. The molecule has 1 fully saturated rings. The Morgan fingerprint density at radius 2 is 2.09 bits per heavy atom. The Balaban J connectivity index is 1.89. The van der Waals surface area contributed by atoms with Gasteiger partial charge in [0.15, 0.2) is 0 Å². The molecule has 0 spiro atoms. The van der Waals surface area contributed by atoms with E-state index in [1.54, 1.807) is 30.0 Å². The molecule has 1 aromatic rings. The molecule has 126 valence electrons. The summed E-state index contributed by atoms with van der Waals surface area (Å²) in [5, 5.41) is 2.79. The largest absolute Gasteiger partial charge is 0.328 e. The first-order valence-corrected chi connectivity index (χ1v) is 10.2. The van der Waals surface area contributed by atoms with Crippen molar-refractivity contribution in [1.82, 2.24) is 4.31 Å². The molecule has 1 amide bonds. The van der Waals surface area contributed by atoms with Gasteiger partial charge in [0.2, 0.25) is 15.9 Å². The number of nitrogens with zero attached hydrogens (tertiary/aromatic N) is 1. The van der Waals surface area contributed by atoms with Crippen LogP contribution < -0.4 is 11.1 Å². The van der Waals surface area contributed by atoms with Gasteiger partial charge >= 0.3 is 0 Å². The summed E-state index contributed by atoms with van der Waals surface area (Å²) in [5.41, 5.74) is 6.52. The van der Waals surface area contributed by atoms with Crippen LogP contribution in [-0.4, -0.2) is 43.5 Å². The molecule has 2 heterocycles. The number of sulfonamides is 1. The molecule has 2 aliphatic rings. The van der Waals surface area contributed by atoms with Gasteiger partial charge in [-0.25, -0.2) is 8.42 Å². The summed E-state index contributed by atoms with van der Waals surface area (Å²) in [5.74, 6) is 0.626. The van der Waals surface area contributed by atoms with Crippen LogP contribution in [0.2, 0.25) is 0 Å². The lowest BCUT2D eigenvalue weighted by Gasteiger charge is -2.20. The molecule has 3 rings (SSSR count). The van der Waals surface area contributed by atoms with Crippen molar-refractivity contribution in [2.24, 2.45) is 5.73 Å². The molecule has 0 unspecified atom stereocenters. The Morgan fingerprint density at radius 1 is 1.26 bits per heavy atom. The molecule has 1 atom stereocenters. The van der Waals surface area contributed by atoms with Crippen LogP contribution in [0, 0.1) is 0 Å². The lowest BCUT2D eigenvalue weighted by Crippen LogP contribution is -2.33. The van der Waals surface area contributed by atoms with E-state index in [0.717, 1.165) is 17.7 Å². The van der Waals surface area contributed by atoms with Gasteiger partial charge in [-0.15, -0.1) is 11.8 Å². The van der Waals surface area contributed by atoms with Crippen LogP contribution in [-0.2, 0) is 14.8 Å². The van der Waals surface area contributed by atoms with Crippen molar-refractivity contribution in [3.05, 3.63) is 18.2 Å². The highest BCUT2D eigenvalue weighted by Crippen LogP contribution is 2.33. The zero-order valence-corrected chi connectivity index (χ0v) is 14.5. The van der Waals surface area contributed by atoms with E-state index in [-0.39, 0.29) is 16.8 Å². The van der Waals surface area contributed by atoms with Crippen molar-refractivity contribution < 1.29 is 13.2 Å². The number of amides is 1. The van der Waals surface area contributed by atoms with Crippen molar-refractivity contribution in [3.63, 3.8) is 0 Å². The van der Waals surface area contributed by atoms with Crippen LogP contribution in [0.1, 0.15) is 25.7 Å². The van der Waals surface area contributed by atoms with Gasteiger partial charge in [0, 0.05) is 36.2 Å². The quantitative estimate of drug-likeness (QED) is 0.841. The van der Waals surface area contributed by atoms with Crippen molar-refractivity contribution >= 4 is 33.4 Å². The molecule has 6 nitrogen and oxygen atoms in total. The summed E-state index contributed by atoms with van der Waals surface area (Å²) in [6.45, 7) is 0.940.